The number of hydrogen-bond acceptors (Lipinski definition) is 6. The van der Waals surface area contributed by atoms with Crippen molar-refractivity contribution in [3.05, 3.63) is 89.9 Å². The quantitative estimate of drug-likeness (QED) is 0.405. The lowest BCUT2D eigenvalue weighted by molar-refractivity contribution is 0.0955. The number of benzene rings is 2. The fourth-order valence-electron chi connectivity index (χ4n) is 2.68. The lowest BCUT2D eigenvalue weighted by atomic mass is 10.1. The number of aromatic nitrogens is 4. The molecule has 0 fully saturated rings. The summed E-state index contributed by atoms with van der Waals surface area (Å²) < 4.78 is 5.23. The minimum absolute atomic E-state index is 0.298. The molecule has 144 valence electrons. The van der Waals surface area contributed by atoms with Crippen LogP contribution < -0.4 is 5.43 Å². The molecule has 0 saturated heterocycles. The first-order valence-electron chi connectivity index (χ1n) is 9.00. The molecule has 0 bridgehead atoms. The maximum absolute atomic E-state index is 12.3. The summed E-state index contributed by atoms with van der Waals surface area (Å²) in [4.78, 5) is 13.8. The number of nitrogens with zero attached hydrogens (tertiary/aromatic N) is 5. The lowest BCUT2D eigenvalue weighted by Crippen LogP contribution is -2.19. The summed E-state index contributed by atoms with van der Waals surface area (Å²) in [6.07, 6.45) is 1.56. The first kappa shape index (κ1) is 18.3. The van der Waals surface area contributed by atoms with Gasteiger partial charge in [-0.15, -0.1) is 10.2 Å². The van der Waals surface area contributed by atoms with Gasteiger partial charge < -0.3 is 4.42 Å². The van der Waals surface area contributed by atoms with E-state index >= 15 is 0 Å². The predicted molar refractivity (Wildman–Crippen MR) is 107 cm³/mol. The first-order valence-corrected chi connectivity index (χ1v) is 9.00. The molecule has 0 aliphatic heterocycles. The molecule has 1 N–H and O–H groups in total. The van der Waals surface area contributed by atoms with Crippen molar-refractivity contribution in [1.29, 1.82) is 0 Å². The molecule has 0 spiro atoms. The molecule has 8 heteroatoms. The molecule has 0 atom stereocenters. The molecule has 0 aliphatic carbocycles. The smallest absolute Gasteiger partial charge is 0.271 e. The second kappa shape index (κ2) is 8.30. The maximum atomic E-state index is 12.3. The van der Waals surface area contributed by atoms with Gasteiger partial charge in [-0.1, -0.05) is 42.5 Å². The SMILES string of the molecule is CC(=NNC(=O)c1ccc(Cn2nnc(-c3ccccc3)n2)cc1)c1ccco1. The second-order valence-electron chi connectivity index (χ2n) is 6.32. The summed E-state index contributed by atoms with van der Waals surface area (Å²) in [5, 5.41) is 16.6. The van der Waals surface area contributed by atoms with Gasteiger partial charge in [0.25, 0.3) is 5.91 Å². The van der Waals surface area contributed by atoms with Gasteiger partial charge in [-0.3, -0.25) is 4.79 Å². The number of hydrogen-bond donors (Lipinski definition) is 1. The van der Waals surface area contributed by atoms with E-state index in [0.717, 1.165) is 11.1 Å². The molecule has 4 rings (SSSR count). The van der Waals surface area contributed by atoms with Crippen LogP contribution in [0.3, 0.4) is 0 Å². The van der Waals surface area contributed by atoms with Gasteiger partial charge in [0.05, 0.1) is 12.8 Å². The molecule has 2 aromatic carbocycles. The van der Waals surface area contributed by atoms with Crippen LogP contribution in [0.1, 0.15) is 28.6 Å². The topological polar surface area (TPSA) is 98.2 Å². The van der Waals surface area contributed by atoms with E-state index < -0.39 is 0 Å². The Balaban J connectivity index is 1.38. The molecule has 29 heavy (non-hydrogen) atoms. The van der Waals surface area contributed by atoms with Crippen LogP contribution in [0.25, 0.3) is 11.4 Å². The zero-order valence-electron chi connectivity index (χ0n) is 15.7. The Hall–Kier alpha value is -4.07. The lowest BCUT2D eigenvalue weighted by Gasteiger charge is -2.03. The van der Waals surface area contributed by atoms with Gasteiger partial charge in [-0.25, -0.2) is 5.43 Å². The second-order valence-corrected chi connectivity index (χ2v) is 6.32. The third-order valence-electron chi connectivity index (χ3n) is 4.23. The summed E-state index contributed by atoms with van der Waals surface area (Å²) in [6, 6.07) is 20.4. The highest BCUT2D eigenvalue weighted by Crippen LogP contribution is 2.12. The standard InChI is InChI=1S/C21H18N6O2/c1-15(19-8-5-13-29-19)22-24-21(28)18-11-9-16(10-12-18)14-27-25-20(23-26-27)17-6-3-2-4-7-17/h2-13H,14H2,1H3,(H,24,28). The minimum atomic E-state index is -0.298. The van der Waals surface area contributed by atoms with Gasteiger partial charge in [0.2, 0.25) is 5.82 Å². The molecule has 4 aromatic rings. The zero-order valence-corrected chi connectivity index (χ0v) is 15.7. The van der Waals surface area contributed by atoms with Gasteiger partial charge in [0.1, 0.15) is 11.5 Å². The fourth-order valence-corrected chi connectivity index (χ4v) is 2.68. The Morgan fingerprint density at radius 1 is 1.07 bits per heavy atom. The van der Waals surface area contributed by atoms with Crippen LogP contribution >= 0.6 is 0 Å². The van der Waals surface area contributed by atoms with Crippen molar-refractivity contribution >= 4 is 11.6 Å². The molecular weight excluding hydrogens is 368 g/mol. The van der Waals surface area contributed by atoms with Crippen LogP contribution in [0, 0.1) is 0 Å². The number of tetrazole rings is 1. The first-order chi connectivity index (χ1) is 14.2. The third kappa shape index (κ3) is 4.44. The van der Waals surface area contributed by atoms with Gasteiger partial charge in [-0.05, 0) is 42.0 Å². The number of carbonyl (C=O) groups excluding carboxylic acids is 1. The van der Waals surface area contributed by atoms with Crippen LogP contribution in [-0.4, -0.2) is 31.8 Å². The Morgan fingerprint density at radius 3 is 2.59 bits per heavy atom. The van der Waals surface area contributed by atoms with Crippen LogP contribution in [0.5, 0.6) is 0 Å². The van der Waals surface area contributed by atoms with Crippen molar-refractivity contribution in [1.82, 2.24) is 25.6 Å². The van der Waals surface area contributed by atoms with E-state index in [-0.39, 0.29) is 5.91 Å². The van der Waals surface area contributed by atoms with Crippen molar-refractivity contribution < 1.29 is 9.21 Å². The zero-order chi connectivity index (χ0) is 20.1. The van der Waals surface area contributed by atoms with E-state index in [0.29, 0.717) is 29.4 Å². The number of amides is 1. The Kier molecular flexibility index (Phi) is 5.24. The number of furan rings is 1. The molecule has 0 radical (unpaired) electrons. The Labute approximate surface area is 166 Å². The molecule has 0 unspecified atom stereocenters. The minimum Gasteiger partial charge on any atom is -0.463 e. The van der Waals surface area contributed by atoms with Crippen LogP contribution in [0.2, 0.25) is 0 Å². The number of nitrogens with one attached hydrogen (secondary N) is 1. The maximum Gasteiger partial charge on any atom is 0.271 e. The van der Waals surface area contributed by atoms with Crippen LogP contribution in [-0.2, 0) is 6.54 Å². The predicted octanol–water partition coefficient (Wildman–Crippen LogP) is 3.14. The van der Waals surface area contributed by atoms with Gasteiger partial charge in [0.15, 0.2) is 0 Å². The number of hydrazone groups is 1. The van der Waals surface area contributed by atoms with E-state index in [1.165, 1.54) is 4.80 Å². The van der Waals surface area contributed by atoms with Crippen molar-refractivity contribution in [2.24, 2.45) is 5.10 Å². The van der Waals surface area contributed by atoms with Gasteiger partial charge in [0, 0.05) is 11.1 Å². The normalized spacial score (nSPS) is 11.4. The summed E-state index contributed by atoms with van der Waals surface area (Å²) in [6.45, 7) is 2.22. The van der Waals surface area contributed by atoms with Gasteiger partial charge >= 0.3 is 0 Å². The molecule has 2 heterocycles. The molecule has 8 nitrogen and oxygen atoms in total. The molecular formula is C21H18N6O2. The van der Waals surface area contributed by atoms with Crippen molar-refractivity contribution in [2.75, 3.05) is 0 Å². The average Bonchev–Trinajstić information content (AvgIpc) is 3.45. The van der Waals surface area contributed by atoms with E-state index in [2.05, 4.69) is 25.9 Å². The van der Waals surface area contributed by atoms with Crippen molar-refractivity contribution in [2.45, 2.75) is 13.5 Å². The largest absolute Gasteiger partial charge is 0.463 e. The van der Waals surface area contributed by atoms with Crippen molar-refractivity contribution in [3.63, 3.8) is 0 Å². The van der Waals surface area contributed by atoms with E-state index in [4.69, 9.17) is 4.42 Å². The fraction of sp³-hybridized carbons (Fsp3) is 0.0952. The summed E-state index contributed by atoms with van der Waals surface area (Å²) >= 11 is 0. The Morgan fingerprint density at radius 2 is 1.86 bits per heavy atom. The third-order valence-corrected chi connectivity index (χ3v) is 4.23. The van der Waals surface area contributed by atoms with E-state index in [1.807, 2.05) is 42.5 Å². The molecule has 0 aliphatic rings. The molecule has 0 saturated carbocycles. The van der Waals surface area contributed by atoms with E-state index in [9.17, 15) is 4.79 Å². The van der Waals surface area contributed by atoms with Crippen molar-refractivity contribution in [3.8, 4) is 11.4 Å². The average molecular weight is 386 g/mol. The number of carbonyl (C=O) groups is 1. The summed E-state index contributed by atoms with van der Waals surface area (Å²) in [7, 11) is 0. The highest BCUT2D eigenvalue weighted by atomic mass is 16.3. The van der Waals surface area contributed by atoms with Crippen LogP contribution in [0.15, 0.2) is 82.5 Å². The Bertz CT molecular complexity index is 1120. The molecule has 1 amide bonds. The monoisotopic (exact) mass is 386 g/mol. The highest BCUT2D eigenvalue weighted by molar-refractivity contribution is 5.99. The summed E-state index contributed by atoms with van der Waals surface area (Å²) in [5.41, 5.74) is 5.48. The number of rotatable bonds is 6. The van der Waals surface area contributed by atoms with Gasteiger partial charge in [-0.2, -0.15) is 9.90 Å². The van der Waals surface area contributed by atoms with E-state index in [1.54, 1.807) is 37.5 Å². The summed E-state index contributed by atoms with van der Waals surface area (Å²) in [5.74, 6) is 0.884. The highest BCUT2D eigenvalue weighted by Gasteiger charge is 2.08. The van der Waals surface area contributed by atoms with Crippen LogP contribution in [0.4, 0.5) is 0 Å². The molecule has 2 aromatic heterocycles.